The maximum Gasteiger partial charge on any atom is 0.417 e. The molecule has 21 heavy (non-hydrogen) atoms. The van der Waals surface area contributed by atoms with Crippen molar-refractivity contribution in [1.29, 1.82) is 0 Å². The summed E-state index contributed by atoms with van der Waals surface area (Å²) in [5.41, 5.74) is -0.933. The third kappa shape index (κ3) is 3.69. The predicted molar refractivity (Wildman–Crippen MR) is 71.4 cm³/mol. The van der Waals surface area contributed by atoms with E-state index < -0.39 is 17.7 Å². The van der Waals surface area contributed by atoms with Crippen molar-refractivity contribution in [2.45, 2.75) is 6.18 Å². The van der Waals surface area contributed by atoms with Gasteiger partial charge in [0.2, 0.25) is 0 Å². The average Bonchev–Trinajstić information content (AvgIpc) is 2.40. The highest BCUT2D eigenvalue weighted by Gasteiger charge is 2.33. The summed E-state index contributed by atoms with van der Waals surface area (Å²) in [6.45, 7) is 0. The van der Waals surface area contributed by atoms with E-state index in [0.717, 1.165) is 18.5 Å². The van der Waals surface area contributed by atoms with E-state index in [9.17, 15) is 18.0 Å². The lowest BCUT2D eigenvalue weighted by Crippen LogP contribution is -2.07. The van der Waals surface area contributed by atoms with Crippen molar-refractivity contribution >= 4 is 33.4 Å². The van der Waals surface area contributed by atoms with Gasteiger partial charge in [0.25, 0.3) is 0 Å². The Hall–Kier alpha value is -2.16. The van der Waals surface area contributed by atoms with E-state index in [0.29, 0.717) is 0 Å². The van der Waals surface area contributed by atoms with E-state index in [-0.39, 0.29) is 21.7 Å². The molecule has 0 unspecified atom stereocenters. The fourth-order valence-corrected chi connectivity index (χ4v) is 1.94. The number of hydrogen-bond donors (Lipinski definition) is 2. The molecule has 0 bridgehead atoms. The van der Waals surface area contributed by atoms with Crippen LogP contribution in [0, 0.1) is 0 Å². The summed E-state index contributed by atoms with van der Waals surface area (Å²) in [6.07, 6.45) is -2.36. The summed E-state index contributed by atoms with van der Waals surface area (Å²) in [4.78, 5) is 18.0. The van der Waals surface area contributed by atoms with Gasteiger partial charge in [-0.25, -0.2) is 14.8 Å². The monoisotopic (exact) mass is 361 g/mol. The fourth-order valence-electron chi connectivity index (χ4n) is 1.47. The average molecular weight is 362 g/mol. The highest BCUT2D eigenvalue weighted by Crippen LogP contribution is 2.36. The molecule has 0 aliphatic carbocycles. The van der Waals surface area contributed by atoms with Crippen molar-refractivity contribution in [3.63, 3.8) is 0 Å². The second kappa shape index (κ2) is 5.68. The van der Waals surface area contributed by atoms with Gasteiger partial charge >= 0.3 is 12.1 Å². The molecule has 2 N–H and O–H groups in total. The Kier molecular flexibility index (Phi) is 4.12. The van der Waals surface area contributed by atoms with Crippen LogP contribution in [0.25, 0.3) is 0 Å². The zero-order valence-corrected chi connectivity index (χ0v) is 11.7. The fraction of sp³-hybridized carbons (Fsp3) is 0.0833. The number of aromatic nitrogens is 2. The largest absolute Gasteiger partial charge is 0.476 e. The van der Waals surface area contributed by atoms with Crippen LogP contribution in [0.1, 0.15) is 16.1 Å². The second-order valence-corrected chi connectivity index (χ2v) is 4.76. The van der Waals surface area contributed by atoms with Crippen LogP contribution in [0.5, 0.6) is 0 Å². The Labute approximate surface area is 125 Å². The molecule has 2 aromatic rings. The lowest BCUT2D eigenvalue weighted by molar-refractivity contribution is -0.138. The Balaban J connectivity index is 2.26. The Bertz CT molecular complexity index is 674. The number of hydrogen-bond acceptors (Lipinski definition) is 4. The molecule has 0 aliphatic rings. The lowest BCUT2D eigenvalue weighted by atomic mass is 10.2. The molecule has 9 heteroatoms. The smallest absolute Gasteiger partial charge is 0.417 e. The summed E-state index contributed by atoms with van der Waals surface area (Å²) >= 11 is 2.84. The van der Waals surface area contributed by atoms with Crippen LogP contribution < -0.4 is 5.32 Å². The number of nitrogens with one attached hydrogen (secondary N) is 1. The lowest BCUT2D eigenvalue weighted by Gasteiger charge is -2.12. The van der Waals surface area contributed by atoms with Gasteiger partial charge in [-0.05, 0) is 18.2 Å². The van der Waals surface area contributed by atoms with Gasteiger partial charge in [0, 0.05) is 10.2 Å². The minimum absolute atomic E-state index is 0.0761. The molecule has 5 nitrogen and oxygen atoms in total. The SMILES string of the molecule is O=C(O)c1cnc(Nc2ccc(Br)c(C(F)(F)F)c2)cn1. The maximum absolute atomic E-state index is 12.8. The van der Waals surface area contributed by atoms with E-state index >= 15 is 0 Å². The van der Waals surface area contributed by atoms with Crippen LogP contribution in [0.4, 0.5) is 24.7 Å². The van der Waals surface area contributed by atoms with Gasteiger partial charge in [0.1, 0.15) is 5.82 Å². The first-order valence-corrected chi connectivity index (χ1v) is 6.26. The van der Waals surface area contributed by atoms with Gasteiger partial charge in [0.15, 0.2) is 5.69 Å². The van der Waals surface area contributed by atoms with Crippen LogP contribution in [-0.4, -0.2) is 21.0 Å². The summed E-state index contributed by atoms with van der Waals surface area (Å²) in [5.74, 6) is -1.10. The summed E-state index contributed by atoms with van der Waals surface area (Å²) in [7, 11) is 0. The molecule has 0 aliphatic heterocycles. The minimum atomic E-state index is -4.49. The molecule has 0 radical (unpaired) electrons. The third-order valence-electron chi connectivity index (χ3n) is 2.42. The first-order chi connectivity index (χ1) is 9.77. The molecule has 0 amide bonds. The molecular formula is C12H7BrF3N3O2. The maximum atomic E-state index is 12.8. The number of aromatic carboxylic acids is 1. The van der Waals surface area contributed by atoms with Gasteiger partial charge in [0.05, 0.1) is 18.0 Å². The first kappa shape index (κ1) is 15.2. The Morgan fingerprint density at radius 1 is 1.24 bits per heavy atom. The molecule has 0 fully saturated rings. The topological polar surface area (TPSA) is 75.1 Å². The molecule has 1 aromatic heterocycles. The molecule has 1 aromatic carbocycles. The van der Waals surface area contributed by atoms with E-state index in [1.54, 1.807) is 0 Å². The number of alkyl halides is 3. The number of carbonyl (C=O) groups is 1. The van der Waals surface area contributed by atoms with E-state index in [1.165, 1.54) is 12.1 Å². The Morgan fingerprint density at radius 3 is 2.48 bits per heavy atom. The Morgan fingerprint density at radius 2 is 1.95 bits per heavy atom. The van der Waals surface area contributed by atoms with Gasteiger partial charge in [-0.3, -0.25) is 0 Å². The van der Waals surface area contributed by atoms with Crippen molar-refractivity contribution in [1.82, 2.24) is 9.97 Å². The van der Waals surface area contributed by atoms with Crippen LogP contribution in [0.2, 0.25) is 0 Å². The number of carboxylic acid groups (broad SMARTS) is 1. The zero-order chi connectivity index (χ0) is 15.6. The standard InChI is InChI=1S/C12H7BrF3N3O2/c13-8-2-1-6(3-7(8)12(14,15)16)19-10-5-17-9(4-18-10)11(20)21/h1-5H,(H,18,19)(H,20,21). The predicted octanol–water partition coefficient (Wildman–Crippen LogP) is 3.70. The molecular weight excluding hydrogens is 355 g/mol. The van der Waals surface area contributed by atoms with E-state index in [4.69, 9.17) is 5.11 Å². The second-order valence-electron chi connectivity index (χ2n) is 3.91. The molecule has 2 rings (SSSR count). The van der Waals surface area contributed by atoms with Crippen LogP contribution in [-0.2, 0) is 6.18 Å². The summed E-state index contributed by atoms with van der Waals surface area (Å²) < 4.78 is 38.2. The van der Waals surface area contributed by atoms with E-state index in [2.05, 4.69) is 31.2 Å². The van der Waals surface area contributed by atoms with Gasteiger partial charge in [-0.15, -0.1) is 0 Å². The highest BCUT2D eigenvalue weighted by molar-refractivity contribution is 9.10. The molecule has 1 heterocycles. The van der Waals surface area contributed by atoms with Crippen LogP contribution in [0.3, 0.4) is 0 Å². The van der Waals surface area contributed by atoms with Crippen molar-refractivity contribution in [3.8, 4) is 0 Å². The minimum Gasteiger partial charge on any atom is -0.476 e. The summed E-state index contributed by atoms with van der Waals surface area (Å²) in [6, 6.07) is 3.59. The number of rotatable bonds is 3. The van der Waals surface area contributed by atoms with Crippen LogP contribution >= 0.6 is 15.9 Å². The molecule has 0 spiro atoms. The highest BCUT2D eigenvalue weighted by atomic mass is 79.9. The van der Waals surface area contributed by atoms with Gasteiger partial charge < -0.3 is 10.4 Å². The number of benzene rings is 1. The molecule has 0 saturated carbocycles. The van der Waals surface area contributed by atoms with Gasteiger partial charge in [-0.1, -0.05) is 15.9 Å². The van der Waals surface area contributed by atoms with Gasteiger partial charge in [-0.2, -0.15) is 13.2 Å². The number of nitrogens with zero attached hydrogens (tertiary/aromatic N) is 2. The molecule has 110 valence electrons. The number of halogens is 4. The quantitative estimate of drug-likeness (QED) is 0.871. The normalized spacial score (nSPS) is 11.2. The molecule has 0 saturated heterocycles. The number of anilines is 2. The van der Waals surface area contributed by atoms with Crippen LogP contribution in [0.15, 0.2) is 35.1 Å². The van der Waals surface area contributed by atoms with Crippen molar-refractivity contribution in [3.05, 3.63) is 46.3 Å². The third-order valence-corrected chi connectivity index (χ3v) is 3.11. The van der Waals surface area contributed by atoms with Crippen molar-refractivity contribution in [2.75, 3.05) is 5.32 Å². The van der Waals surface area contributed by atoms with Crippen molar-refractivity contribution in [2.24, 2.45) is 0 Å². The number of carboxylic acids is 1. The van der Waals surface area contributed by atoms with Crippen molar-refractivity contribution < 1.29 is 23.1 Å². The molecule has 0 atom stereocenters. The van der Waals surface area contributed by atoms with E-state index in [1.807, 2.05) is 0 Å². The zero-order valence-electron chi connectivity index (χ0n) is 10.1. The first-order valence-electron chi connectivity index (χ1n) is 5.46. The summed E-state index contributed by atoms with van der Waals surface area (Å²) in [5, 5.41) is 11.3.